The SMILES string of the molecule is CC1([C@H](C2NCc3cc(C(N)=O)ccc32)C(F)(F)F)CC1. The number of carbonyl (C=O) groups excluding carboxylic acids is 1. The lowest BCUT2D eigenvalue weighted by molar-refractivity contribution is -0.200. The molecule has 2 aliphatic rings. The van der Waals surface area contributed by atoms with Crippen LogP contribution in [0.5, 0.6) is 0 Å². The molecule has 1 aliphatic carbocycles. The van der Waals surface area contributed by atoms with Gasteiger partial charge in [0.2, 0.25) is 5.91 Å². The van der Waals surface area contributed by atoms with Crippen molar-refractivity contribution in [2.75, 3.05) is 0 Å². The molecule has 0 radical (unpaired) electrons. The Kier molecular flexibility index (Phi) is 3.06. The zero-order valence-corrected chi connectivity index (χ0v) is 11.6. The maximum absolute atomic E-state index is 13.5. The number of carbonyl (C=O) groups is 1. The molecular weight excluding hydrogens is 281 g/mol. The van der Waals surface area contributed by atoms with Gasteiger partial charge in [-0.05, 0) is 41.5 Å². The van der Waals surface area contributed by atoms with Crippen molar-refractivity contribution in [3.63, 3.8) is 0 Å². The Morgan fingerprint density at radius 2 is 2.10 bits per heavy atom. The van der Waals surface area contributed by atoms with Crippen LogP contribution in [0.25, 0.3) is 0 Å². The molecule has 1 aliphatic heterocycles. The molecule has 3 rings (SSSR count). The van der Waals surface area contributed by atoms with Gasteiger partial charge in [0.15, 0.2) is 0 Å². The molecule has 6 heteroatoms. The van der Waals surface area contributed by atoms with Crippen LogP contribution in [0.1, 0.15) is 47.3 Å². The standard InChI is InChI=1S/C15H17F3N2O/c1-14(4-5-14)12(15(16,17)18)11-10-3-2-8(13(19)21)6-9(10)7-20-11/h2-3,6,11-12,20H,4-5,7H2,1H3,(H2,19,21)/t11?,12-/m0/s1. The summed E-state index contributed by atoms with van der Waals surface area (Å²) >= 11 is 0. The van der Waals surface area contributed by atoms with Crippen LogP contribution >= 0.6 is 0 Å². The number of halogens is 3. The predicted molar refractivity (Wildman–Crippen MR) is 71.4 cm³/mol. The third kappa shape index (κ3) is 2.41. The number of amides is 1. The van der Waals surface area contributed by atoms with E-state index in [4.69, 9.17) is 5.73 Å². The molecule has 1 unspecified atom stereocenters. The van der Waals surface area contributed by atoms with Gasteiger partial charge in [0.25, 0.3) is 0 Å². The number of hydrogen-bond acceptors (Lipinski definition) is 2. The molecular formula is C15H17F3N2O. The summed E-state index contributed by atoms with van der Waals surface area (Å²) in [5.74, 6) is -1.96. The van der Waals surface area contributed by atoms with Crippen molar-refractivity contribution >= 4 is 5.91 Å². The normalized spacial score (nSPS) is 24.5. The van der Waals surface area contributed by atoms with Crippen LogP contribution in [0.15, 0.2) is 18.2 Å². The quantitative estimate of drug-likeness (QED) is 0.901. The minimum Gasteiger partial charge on any atom is -0.366 e. The van der Waals surface area contributed by atoms with Gasteiger partial charge in [0.05, 0.1) is 5.92 Å². The van der Waals surface area contributed by atoms with E-state index in [1.807, 2.05) is 0 Å². The summed E-state index contributed by atoms with van der Waals surface area (Å²) in [4.78, 5) is 11.2. The van der Waals surface area contributed by atoms with Crippen molar-refractivity contribution < 1.29 is 18.0 Å². The van der Waals surface area contributed by atoms with Crippen LogP contribution in [0, 0.1) is 11.3 Å². The highest BCUT2D eigenvalue weighted by Crippen LogP contribution is 2.61. The second kappa shape index (κ2) is 4.47. The Bertz CT molecular complexity index is 588. The summed E-state index contributed by atoms with van der Waals surface area (Å²) in [5, 5.41) is 2.97. The van der Waals surface area contributed by atoms with Crippen LogP contribution in [-0.4, -0.2) is 12.1 Å². The lowest BCUT2D eigenvalue weighted by Crippen LogP contribution is -2.39. The van der Waals surface area contributed by atoms with Gasteiger partial charge in [0.1, 0.15) is 0 Å². The predicted octanol–water partition coefficient (Wildman–Crippen LogP) is 2.91. The monoisotopic (exact) mass is 298 g/mol. The van der Waals surface area contributed by atoms with Crippen molar-refractivity contribution in [1.29, 1.82) is 0 Å². The van der Waals surface area contributed by atoms with Crippen LogP contribution in [0.3, 0.4) is 0 Å². The first kappa shape index (κ1) is 14.4. The molecule has 0 aromatic heterocycles. The van der Waals surface area contributed by atoms with Gasteiger partial charge in [-0.3, -0.25) is 4.79 Å². The van der Waals surface area contributed by atoms with E-state index in [1.54, 1.807) is 19.1 Å². The lowest BCUT2D eigenvalue weighted by Gasteiger charge is -2.32. The fraction of sp³-hybridized carbons (Fsp3) is 0.533. The highest BCUT2D eigenvalue weighted by Gasteiger charge is 2.60. The summed E-state index contributed by atoms with van der Waals surface area (Å²) in [6.45, 7) is 2.03. The van der Waals surface area contributed by atoms with Crippen molar-refractivity contribution in [3.05, 3.63) is 34.9 Å². The summed E-state index contributed by atoms with van der Waals surface area (Å²) in [6.07, 6.45) is -3.04. The smallest absolute Gasteiger partial charge is 0.366 e. The lowest BCUT2D eigenvalue weighted by atomic mass is 9.81. The summed E-state index contributed by atoms with van der Waals surface area (Å²) in [5.41, 5.74) is 6.23. The van der Waals surface area contributed by atoms with Gasteiger partial charge in [-0.15, -0.1) is 0 Å². The van der Waals surface area contributed by atoms with Crippen molar-refractivity contribution in [3.8, 4) is 0 Å². The van der Waals surface area contributed by atoms with Gasteiger partial charge in [0, 0.05) is 18.2 Å². The van der Waals surface area contributed by atoms with E-state index in [1.165, 1.54) is 6.07 Å². The van der Waals surface area contributed by atoms with E-state index in [0.717, 1.165) is 5.56 Å². The van der Waals surface area contributed by atoms with Gasteiger partial charge in [-0.2, -0.15) is 13.2 Å². The zero-order valence-electron chi connectivity index (χ0n) is 11.6. The van der Waals surface area contributed by atoms with Crippen LogP contribution in [-0.2, 0) is 6.54 Å². The minimum atomic E-state index is -4.24. The first-order valence-electron chi connectivity index (χ1n) is 6.95. The second-order valence-corrected chi connectivity index (χ2v) is 6.31. The number of nitrogens with two attached hydrogens (primary N) is 1. The minimum absolute atomic E-state index is 0.331. The van der Waals surface area contributed by atoms with E-state index in [0.29, 0.717) is 30.5 Å². The number of nitrogens with one attached hydrogen (secondary N) is 1. The number of alkyl halides is 3. The number of rotatable bonds is 3. The molecule has 1 heterocycles. The third-order valence-corrected chi connectivity index (χ3v) is 4.75. The average Bonchev–Trinajstić information content (AvgIpc) is 2.97. The van der Waals surface area contributed by atoms with Gasteiger partial charge in [-0.25, -0.2) is 0 Å². The molecule has 114 valence electrons. The zero-order chi connectivity index (χ0) is 15.4. The Morgan fingerprint density at radius 1 is 1.43 bits per heavy atom. The first-order valence-corrected chi connectivity index (χ1v) is 6.95. The summed E-state index contributed by atoms with van der Waals surface area (Å²) in [7, 11) is 0. The topological polar surface area (TPSA) is 55.1 Å². The van der Waals surface area contributed by atoms with Gasteiger partial charge >= 0.3 is 6.18 Å². The Hall–Kier alpha value is -1.56. The highest BCUT2D eigenvalue weighted by molar-refractivity contribution is 5.93. The maximum Gasteiger partial charge on any atom is 0.394 e. The van der Waals surface area contributed by atoms with Crippen molar-refractivity contribution in [2.45, 2.75) is 38.5 Å². The average molecular weight is 298 g/mol. The van der Waals surface area contributed by atoms with Gasteiger partial charge in [-0.1, -0.05) is 13.0 Å². The first-order chi connectivity index (χ1) is 9.72. The summed E-state index contributed by atoms with van der Waals surface area (Å²) < 4.78 is 40.5. The van der Waals surface area contributed by atoms with E-state index >= 15 is 0 Å². The van der Waals surface area contributed by atoms with Crippen molar-refractivity contribution in [2.24, 2.45) is 17.1 Å². The molecule has 0 bridgehead atoms. The van der Waals surface area contributed by atoms with Crippen LogP contribution < -0.4 is 11.1 Å². The maximum atomic E-state index is 13.5. The van der Waals surface area contributed by atoms with E-state index < -0.39 is 29.5 Å². The number of fused-ring (bicyclic) bond motifs is 1. The number of benzene rings is 1. The van der Waals surface area contributed by atoms with E-state index in [9.17, 15) is 18.0 Å². The molecule has 21 heavy (non-hydrogen) atoms. The second-order valence-electron chi connectivity index (χ2n) is 6.31. The van der Waals surface area contributed by atoms with E-state index in [-0.39, 0.29) is 0 Å². The molecule has 1 aromatic carbocycles. The van der Waals surface area contributed by atoms with Crippen LogP contribution in [0.2, 0.25) is 0 Å². The van der Waals surface area contributed by atoms with Crippen LogP contribution in [0.4, 0.5) is 13.2 Å². The molecule has 2 atom stereocenters. The largest absolute Gasteiger partial charge is 0.394 e. The van der Waals surface area contributed by atoms with Crippen molar-refractivity contribution in [1.82, 2.24) is 5.32 Å². The molecule has 1 amide bonds. The number of hydrogen-bond donors (Lipinski definition) is 2. The third-order valence-electron chi connectivity index (χ3n) is 4.75. The Morgan fingerprint density at radius 3 is 2.62 bits per heavy atom. The van der Waals surface area contributed by atoms with Gasteiger partial charge < -0.3 is 11.1 Å². The molecule has 0 spiro atoms. The molecule has 0 saturated heterocycles. The Balaban J connectivity index is 1.98. The fourth-order valence-corrected chi connectivity index (χ4v) is 3.34. The summed E-state index contributed by atoms with van der Waals surface area (Å²) in [6, 6.07) is 3.95. The molecule has 3 N–H and O–H groups in total. The van der Waals surface area contributed by atoms with E-state index in [2.05, 4.69) is 5.32 Å². The highest BCUT2D eigenvalue weighted by atomic mass is 19.4. The molecule has 1 fully saturated rings. The molecule has 1 saturated carbocycles. The number of primary amides is 1. The fourth-order valence-electron chi connectivity index (χ4n) is 3.34. The Labute approximate surface area is 120 Å². The molecule has 1 aromatic rings. The molecule has 3 nitrogen and oxygen atoms in total.